The number of rotatable bonds is 5. The molecule has 0 N–H and O–H groups in total. The zero-order valence-electron chi connectivity index (χ0n) is 17.2. The summed E-state index contributed by atoms with van der Waals surface area (Å²) in [5.41, 5.74) is 3.38. The van der Waals surface area contributed by atoms with Gasteiger partial charge in [-0.3, -0.25) is 4.68 Å². The highest BCUT2D eigenvalue weighted by Gasteiger charge is 2.27. The highest BCUT2D eigenvalue weighted by molar-refractivity contribution is 7.91. The third-order valence-corrected chi connectivity index (χ3v) is 7.90. The van der Waals surface area contributed by atoms with Crippen molar-refractivity contribution in [1.82, 2.24) is 28.7 Å². The van der Waals surface area contributed by atoms with E-state index in [1.54, 1.807) is 10.9 Å². The maximum Gasteiger partial charge on any atom is 0.242 e. The second kappa shape index (κ2) is 7.72. The van der Waals surface area contributed by atoms with Crippen molar-refractivity contribution in [1.29, 1.82) is 0 Å². The lowest BCUT2D eigenvalue weighted by atomic mass is 10.2. The van der Waals surface area contributed by atoms with E-state index in [4.69, 9.17) is 14.7 Å². The van der Waals surface area contributed by atoms with Gasteiger partial charge in [-0.15, -0.1) is 0 Å². The van der Waals surface area contributed by atoms with Crippen LogP contribution in [0, 0.1) is 6.92 Å². The standard InChI is InChI=1S/C20H22N6O3S2/c1-13-9-16(30-24-13)10-18-22-17-3-6-26(14-11-21-25(2)12-14)19(17)20(23-18)29-15-4-7-31(27,28)8-5-15/h3,6,9,11-12,15H,4-5,7-8,10H2,1-2H3. The van der Waals surface area contributed by atoms with Gasteiger partial charge < -0.3 is 9.30 Å². The van der Waals surface area contributed by atoms with Crippen molar-refractivity contribution in [3.63, 3.8) is 0 Å². The minimum atomic E-state index is -2.97. The van der Waals surface area contributed by atoms with Gasteiger partial charge in [-0.05, 0) is 43.4 Å². The van der Waals surface area contributed by atoms with Crippen molar-refractivity contribution in [2.45, 2.75) is 32.3 Å². The Labute approximate surface area is 183 Å². The van der Waals surface area contributed by atoms with E-state index in [-0.39, 0.29) is 17.6 Å². The summed E-state index contributed by atoms with van der Waals surface area (Å²) < 4.78 is 38.0. The summed E-state index contributed by atoms with van der Waals surface area (Å²) in [6, 6.07) is 3.97. The van der Waals surface area contributed by atoms with Gasteiger partial charge in [0.05, 0.1) is 34.6 Å². The lowest BCUT2D eigenvalue weighted by Crippen LogP contribution is -2.31. The molecule has 0 aliphatic carbocycles. The monoisotopic (exact) mass is 458 g/mol. The van der Waals surface area contributed by atoms with E-state index in [1.165, 1.54) is 11.5 Å². The fraction of sp³-hybridized carbons (Fsp3) is 0.400. The molecule has 0 atom stereocenters. The molecule has 0 unspecified atom stereocenters. The third-order valence-electron chi connectivity index (χ3n) is 5.31. The van der Waals surface area contributed by atoms with E-state index >= 15 is 0 Å². The number of hydrogen-bond acceptors (Lipinski definition) is 8. The van der Waals surface area contributed by atoms with Gasteiger partial charge in [-0.2, -0.15) is 14.5 Å². The first-order chi connectivity index (χ1) is 14.9. The van der Waals surface area contributed by atoms with Gasteiger partial charge in [0, 0.05) is 30.7 Å². The largest absolute Gasteiger partial charge is 0.473 e. The van der Waals surface area contributed by atoms with Crippen LogP contribution in [0.3, 0.4) is 0 Å². The van der Waals surface area contributed by atoms with Crippen molar-refractivity contribution < 1.29 is 13.2 Å². The zero-order chi connectivity index (χ0) is 21.6. The van der Waals surface area contributed by atoms with Crippen molar-refractivity contribution in [3.8, 4) is 11.6 Å². The van der Waals surface area contributed by atoms with E-state index in [0.717, 1.165) is 27.3 Å². The van der Waals surface area contributed by atoms with E-state index < -0.39 is 9.84 Å². The van der Waals surface area contributed by atoms with E-state index in [2.05, 4.69) is 9.47 Å². The average Bonchev–Trinajstić information content (AvgIpc) is 3.43. The Hall–Kier alpha value is -2.79. The molecule has 1 fully saturated rings. The molecule has 1 saturated heterocycles. The number of ether oxygens (including phenoxy) is 1. The Morgan fingerprint density at radius 2 is 2.06 bits per heavy atom. The van der Waals surface area contributed by atoms with Crippen LogP contribution < -0.4 is 4.74 Å². The number of sulfone groups is 1. The number of aromatic nitrogens is 6. The molecule has 9 nitrogen and oxygen atoms in total. The molecule has 0 aromatic carbocycles. The molecule has 0 radical (unpaired) electrons. The molecular weight excluding hydrogens is 436 g/mol. The minimum absolute atomic E-state index is 0.141. The summed E-state index contributed by atoms with van der Waals surface area (Å²) in [5.74, 6) is 1.41. The van der Waals surface area contributed by atoms with Gasteiger partial charge in [0.15, 0.2) is 9.84 Å². The first kappa shape index (κ1) is 20.1. The molecule has 0 bridgehead atoms. The topological polar surface area (TPSA) is 105 Å². The summed E-state index contributed by atoms with van der Waals surface area (Å²) in [6.07, 6.45) is 6.89. The van der Waals surface area contributed by atoms with Gasteiger partial charge >= 0.3 is 0 Å². The Balaban J connectivity index is 1.55. The van der Waals surface area contributed by atoms with Gasteiger partial charge in [0.25, 0.3) is 0 Å². The van der Waals surface area contributed by atoms with Crippen LogP contribution in [-0.4, -0.2) is 54.7 Å². The smallest absolute Gasteiger partial charge is 0.242 e. The Morgan fingerprint density at radius 3 is 2.74 bits per heavy atom. The van der Waals surface area contributed by atoms with Crippen molar-refractivity contribution in [2.75, 3.05) is 11.5 Å². The normalized spacial score (nSPS) is 16.7. The first-order valence-electron chi connectivity index (χ1n) is 10.0. The Kier molecular flexibility index (Phi) is 5.01. The molecule has 5 heterocycles. The lowest BCUT2D eigenvalue weighted by molar-refractivity contribution is 0.183. The van der Waals surface area contributed by atoms with Gasteiger partial charge in [0.1, 0.15) is 17.4 Å². The molecule has 31 heavy (non-hydrogen) atoms. The van der Waals surface area contributed by atoms with Crippen LogP contribution in [0.2, 0.25) is 0 Å². The van der Waals surface area contributed by atoms with Crippen LogP contribution in [0.25, 0.3) is 16.7 Å². The Morgan fingerprint density at radius 1 is 1.26 bits per heavy atom. The maximum absolute atomic E-state index is 11.8. The predicted molar refractivity (Wildman–Crippen MR) is 118 cm³/mol. The molecule has 0 amide bonds. The minimum Gasteiger partial charge on any atom is -0.473 e. The number of fused-ring (bicyclic) bond motifs is 1. The van der Waals surface area contributed by atoms with Crippen LogP contribution in [0.15, 0.2) is 30.7 Å². The SMILES string of the molecule is Cc1cc(Cc2nc(OC3CCS(=O)(=O)CC3)c3c(ccn3-c3cnn(C)c3)n2)sn1. The van der Waals surface area contributed by atoms with E-state index in [0.29, 0.717) is 31.0 Å². The van der Waals surface area contributed by atoms with E-state index in [9.17, 15) is 8.42 Å². The molecule has 1 aliphatic heterocycles. The highest BCUT2D eigenvalue weighted by Crippen LogP contribution is 2.30. The zero-order valence-corrected chi connectivity index (χ0v) is 18.9. The van der Waals surface area contributed by atoms with Crippen LogP contribution >= 0.6 is 11.5 Å². The third kappa shape index (κ3) is 4.19. The van der Waals surface area contributed by atoms with Crippen LogP contribution in [0.4, 0.5) is 0 Å². The molecule has 1 aliphatic rings. The fourth-order valence-corrected chi connectivity index (χ4v) is 5.95. The number of nitrogens with zero attached hydrogens (tertiary/aromatic N) is 6. The quantitative estimate of drug-likeness (QED) is 0.452. The fourth-order valence-electron chi connectivity index (χ4n) is 3.77. The molecule has 4 aromatic rings. The van der Waals surface area contributed by atoms with Crippen LogP contribution in [0.1, 0.15) is 29.2 Å². The maximum atomic E-state index is 11.8. The molecule has 162 valence electrons. The van der Waals surface area contributed by atoms with Crippen molar-refractivity contribution in [2.24, 2.45) is 7.05 Å². The second-order valence-corrected chi connectivity index (χ2v) is 11.0. The predicted octanol–water partition coefficient (Wildman–Crippen LogP) is 2.47. The molecule has 0 spiro atoms. The average molecular weight is 459 g/mol. The second-order valence-electron chi connectivity index (χ2n) is 7.82. The molecule has 0 saturated carbocycles. The lowest BCUT2D eigenvalue weighted by Gasteiger charge is -2.23. The molecule has 11 heteroatoms. The van der Waals surface area contributed by atoms with Gasteiger partial charge in [-0.1, -0.05) is 0 Å². The highest BCUT2D eigenvalue weighted by atomic mass is 32.2. The van der Waals surface area contributed by atoms with Crippen LogP contribution in [-0.2, 0) is 23.3 Å². The summed E-state index contributed by atoms with van der Waals surface area (Å²) in [5, 5.41) is 4.26. The summed E-state index contributed by atoms with van der Waals surface area (Å²) in [6.45, 7) is 1.96. The first-order valence-corrected chi connectivity index (χ1v) is 12.6. The summed E-state index contributed by atoms with van der Waals surface area (Å²) >= 11 is 1.44. The van der Waals surface area contributed by atoms with Gasteiger partial charge in [-0.25, -0.2) is 13.4 Å². The molecular formula is C20H22N6O3S2. The Bertz CT molecular complexity index is 1340. The van der Waals surface area contributed by atoms with Crippen molar-refractivity contribution in [3.05, 3.63) is 47.1 Å². The molecule has 4 aromatic heterocycles. The van der Waals surface area contributed by atoms with Crippen LogP contribution in [0.5, 0.6) is 5.88 Å². The number of hydrogen-bond donors (Lipinski definition) is 0. The number of aryl methyl sites for hydroxylation is 2. The summed E-state index contributed by atoms with van der Waals surface area (Å²) in [4.78, 5) is 10.6. The molecule has 5 rings (SSSR count). The summed E-state index contributed by atoms with van der Waals surface area (Å²) in [7, 11) is -1.11. The van der Waals surface area contributed by atoms with E-state index in [1.807, 2.05) is 43.1 Å². The van der Waals surface area contributed by atoms with Crippen molar-refractivity contribution >= 4 is 32.4 Å². The van der Waals surface area contributed by atoms with Gasteiger partial charge in [0.2, 0.25) is 5.88 Å².